The van der Waals surface area contributed by atoms with Crippen LogP contribution in [-0.4, -0.2) is 25.1 Å². The molecule has 15 heavy (non-hydrogen) atoms. The quantitative estimate of drug-likeness (QED) is 0.712. The molecule has 3 heteroatoms. The van der Waals surface area contributed by atoms with E-state index in [9.17, 15) is 4.79 Å². The zero-order chi connectivity index (χ0) is 10.5. The predicted octanol–water partition coefficient (Wildman–Crippen LogP) is 2.06. The van der Waals surface area contributed by atoms with Gasteiger partial charge in [-0.05, 0) is 31.8 Å². The first-order chi connectivity index (χ1) is 7.36. The highest BCUT2D eigenvalue weighted by Crippen LogP contribution is 2.20. The molecule has 2 aliphatic heterocycles. The van der Waals surface area contributed by atoms with E-state index >= 15 is 0 Å². The Kier molecular flexibility index (Phi) is 3.78. The minimum absolute atomic E-state index is 0.0800. The van der Waals surface area contributed by atoms with Crippen LogP contribution < -0.4 is 0 Å². The van der Waals surface area contributed by atoms with E-state index in [1.54, 1.807) is 6.26 Å². The SMILES string of the molecule is O=C(CCC1CCCO1)C1CC=COC1. The molecule has 0 amide bonds. The molecule has 0 spiro atoms. The molecule has 0 aromatic carbocycles. The molecule has 0 bridgehead atoms. The molecule has 0 N–H and O–H groups in total. The summed E-state index contributed by atoms with van der Waals surface area (Å²) in [5, 5.41) is 0. The van der Waals surface area contributed by atoms with E-state index in [0.717, 1.165) is 32.3 Å². The summed E-state index contributed by atoms with van der Waals surface area (Å²) in [6.07, 6.45) is 8.58. The van der Waals surface area contributed by atoms with Crippen molar-refractivity contribution >= 4 is 5.78 Å². The summed E-state index contributed by atoms with van der Waals surface area (Å²) in [5.41, 5.74) is 0. The Labute approximate surface area is 90.4 Å². The van der Waals surface area contributed by atoms with Gasteiger partial charge in [0.2, 0.25) is 0 Å². The van der Waals surface area contributed by atoms with Gasteiger partial charge >= 0.3 is 0 Å². The molecule has 2 unspecified atom stereocenters. The monoisotopic (exact) mass is 210 g/mol. The summed E-state index contributed by atoms with van der Waals surface area (Å²) in [6, 6.07) is 0. The van der Waals surface area contributed by atoms with Crippen molar-refractivity contribution in [3.63, 3.8) is 0 Å². The lowest BCUT2D eigenvalue weighted by molar-refractivity contribution is -0.125. The molecule has 0 aromatic heterocycles. The summed E-state index contributed by atoms with van der Waals surface area (Å²) in [5.74, 6) is 0.409. The van der Waals surface area contributed by atoms with Crippen molar-refractivity contribution in [3.8, 4) is 0 Å². The van der Waals surface area contributed by atoms with E-state index in [2.05, 4.69) is 0 Å². The van der Waals surface area contributed by atoms with Crippen molar-refractivity contribution in [1.82, 2.24) is 0 Å². The van der Waals surface area contributed by atoms with E-state index in [1.807, 2.05) is 6.08 Å². The minimum Gasteiger partial charge on any atom is -0.501 e. The lowest BCUT2D eigenvalue weighted by atomic mass is 9.95. The van der Waals surface area contributed by atoms with Crippen molar-refractivity contribution in [3.05, 3.63) is 12.3 Å². The average Bonchev–Trinajstić information content (AvgIpc) is 2.80. The van der Waals surface area contributed by atoms with Crippen LogP contribution in [0, 0.1) is 5.92 Å². The molecule has 0 aliphatic carbocycles. The van der Waals surface area contributed by atoms with Crippen LogP contribution in [0.15, 0.2) is 12.3 Å². The molecular formula is C12H18O3. The molecule has 2 rings (SSSR count). The molecule has 0 radical (unpaired) electrons. The molecule has 0 saturated carbocycles. The maximum absolute atomic E-state index is 11.8. The third-order valence-electron chi connectivity index (χ3n) is 3.10. The second kappa shape index (κ2) is 5.31. The topological polar surface area (TPSA) is 35.5 Å². The molecule has 84 valence electrons. The van der Waals surface area contributed by atoms with E-state index < -0.39 is 0 Å². The van der Waals surface area contributed by atoms with Gasteiger partial charge in [0.15, 0.2) is 0 Å². The maximum atomic E-state index is 11.8. The number of hydrogen-bond acceptors (Lipinski definition) is 3. The Bertz CT molecular complexity index is 241. The highest BCUT2D eigenvalue weighted by atomic mass is 16.5. The van der Waals surface area contributed by atoms with E-state index in [4.69, 9.17) is 9.47 Å². The second-order valence-electron chi connectivity index (χ2n) is 4.28. The van der Waals surface area contributed by atoms with E-state index in [-0.39, 0.29) is 5.92 Å². The molecule has 2 aliphatic rings. The normalized spacial score (nSPS) is 30.1. The Balaban J connectivity index is 1.69. The number of carbonyl (C=O) groups is 1. The molecule has 3 nitrogen and oxygen atoms in total. The number of rotatable bonds is 4. The van der Waals surface area contributed by atoms with Crippen LogP contribution in [0.4, 0.5) is 0 Å². The van der Waals surface area contributed by atoms with Gasteiger partial charge in [-0.25, -0.2) is 0 Å². The van der Waals surface area contributed by atoms with Crippen molar-refractivity contribution in [1.29, 1.82) is 0 Å². The van der Waals surface area contributed by atoms with Crippen LogP contribution in [0.2, 0.25) is 0 Å². The fourth-order valence-corrected chi connectivity index (χ4v) is 2.13. The Morgan fingerprint density at radius 2 is 2.40 bits per heavy atom. The summed E-state index contributed by atoms with van der Waals surface area (Å²) < 4.78 is 10.6. The summed E-state index contributed by atoms with van der Waals surface area (Å²) >= 11 is 0. The largest absolute Gasteiger partial charge is 0.501 e. The van der Waals surface area contributed by atoms with Crippen LogP contribution in [0.5, 0.6) is 0 Å². The zero-order valence-corrected chi connectivity index (χ0v) is 8.98. The van der Waals surface area contributed by atoms with Crippen molar-refractivity contribution in [2.45, 2.75) is 38.2 Å². The Morgan fingerprint density at radius 3 is 3.07 bits per heavy atom. The third kappa shape index (κ3) is 3.06. The smallest absolute Gasteiger partial charge is 0.139 e. The van der Waals surface area contributed by atoms with E-state index in [0.29, 0.717) is 24.9 Å². The first-order valence-corrected chi connectivity index (χ1v) is 5.77. The van der Waals surface area contributed by atoms with Gasteiger partial charge in [-0.2, -0.15) is 0 Å². The fourth-order valence-electron chi connectivity index (χ4n) is 2.13. The van der Waals surface area contributed by atoms with Crippen LogP contribution in [0.25, 0.3) is 0 Å². The van der Waals surface area contributed by atoms with E-state index in [1.165, 1.54) is 0 Å². The molecule has 0 aromatic rings. The number of ether oxygens (including phenoxy) is 2. The van der Waals surface area contributed by atoms with Crippen LogP contribution in [-0.2, 0) is 14.3 Å². The van der Waals surface area contributed by atoms with Gasteiger partial charge in [0.05, 0.1) is 24.9 Å². The standard InChI is InChI=1S/C12H18O3/c13-12(10-3-1-7-14-9-10)6-5-11-4-2-8-15-11/h1,7,10-11H,2-6,8-9H2. The van der Waals surface area contributed by atoms with Crippen LogP contribution >= 0.6 is 0 Å². The maximum Gasteiger partial charge on any atom is 0.139 e. The minimum atomic E-state index is 0.0800. The fraction of sp³-hybridized carbons (Fsp3) is 0.750. The number of allylic oxidation sites excluding steroid dienone is 1. The zero-order valence-electron chi connectivity index (χ0n) is 8.98. The first-order valence-electron chi connectivity index (χ1n) is 5.77. The van der Waals surface area contributed by atoms with Gasteiger partial charge in [-0.15, -0.1) is 0 Å². The molecule has 1 saturated heterocycles. The van der Waals surface area contributed by atoms with Crippen LogP contribution in [0.1, 0.15) is 32.1 Å². The van der Waals surface area contributed by atoms with Gasteiger partial charge in [0.1, 0.15) is 5.78 Å². The summed E-state index contributed by atoms with van der Waals surface area (Å²) in [7, 11) is 0. The van der Waals surface area contributed by atoms with Crippen LogP contribution in [0.3, 0.4) is 0 Å². The first kappa shape index (κ1) is 10.7. The Hall–Kier alpha value is -0.830. The highest BCUT2D eigenvalue weighted by Gasteiger charge is 2.22. The predicted molar refractivity (Wildman–Crippen MR) is 56.4 cm³/mol. The molecule has 2 atom stereocenters. The van der Waals surface area contributed by atoms with Gasteiger partial charge in [0.25, 0.3) is 0 Å². The number of Topliss-reactive ketones (excluding diaryl/α,β-unsaturated/α-hetero) is 1. The van der Waals surface area contributed by atoms with Gasteiger partial charge in [-0.1, -0.05) is 0 Å². The number of ketones is 1. The molecule has 2 heterocycles. The molecule has 1 fully saturated rings. The lowest BCUT2D eigenvalue weighted by Crippen LogP contribution is -2.22. The van der Waals surface area contributed by atoms with Crippen molar-refractivity contribution < 1.29 is 14.3 Å². The lowest BCUT2D eigenvalue weighted by Gasteiger charge is -2.17. The summed E-state index contributed by atoms with van der Waals surface area (Å²) in [6.45, 7) is 1.43. The molecular weight excluding hydrogens is 192 g/mol. The number of carbonyl (C=O) groups excluding carboxylic acids is 1. The third-order valence-corrected chi connectivity index (χ3v) is 3.10. The Morgan fingerprint density at radius 1 is 1.47 bits per heavy atom. The van der Waals surface area contributed by atoms with Gasteiger partial charge in [0, 0.05) is 13.0 Å². The van der Waals surface area contributed by atoms with Gasteiger partial charge in [-0.3, -0.25) is 4.79 Å². The highest BCUT2D eigenvalue weighted by molar-refractivity contribution is 5.81. The van der Waals surface area contributed by atoms with Gasteiger partial charge < -0.3 is 9.47 Å². The number of hydrogen-bond donors (Lipinski definition) is 0. The van der Waals surface area contributed by atoms with Crippen molar-refractivity contribution in [2.75, 3.05) is 13.2 Å². The average molecular weight is 210 g/mol. The summed E-state index contributed by atoms with van der Waals surface area (Å²) in [4.78, 5) is 11.8. The second-order valence-corrected chi connectivity index (χ2v) is 4.28. The van der Waals surface area contributed by atoms with Crippen molar-refractivity contribution in [2.24, 2.45) is 5.92 Å².